The van der Waals surface area contributed by atoms with Gasteiger partial charge in [-0.25, -0.2) is 0 Å². The maximum absolute atomic E-state index is 12.1. The molecule has 0 saturated carbocycles. The summed E-state index contributed by atoms with van der Waals surface area (Å²) in [4.78, 5) is 0. The van der Waals surface area contributed by atoms with Crippen molar-refractivity contribution in [3.05, 3.63) is 144 Å². The van der Waals surface area contributed by atoms with Gasteiger partial charge in [-0.3, -0.25) is 4.18 Å². The lowest BCUT2D eigenvalue weighted by Gasteiger charge is -2.46. The molecule has 1 fully saturated rings. The minimum Gasteiger partial charge on any atom is -0.374 e. The molecule has 1 aliphatic rings. The van der Waals surface area contributed by atoms with Crippen molar-refractivity contribution in [2.45, 2.75) is 56.9 Å². The number of ether oxygens (including phenoxy) is 5. The second-order valence-electron chi connectivity index (χ2n) is 11.0. The van der Waals surface area contributed by atoms with Crippen LogP contribution >= 0.6 is 0 Å². The zero-order valence-corrected chi connectivity index (χ0v) is 26.2. The quantitative estimate of drug-likeness (QED) is 0.145. The van der Waals surface area contributed by atoms with Gasteiger partial charge in [0.05, 0.1) is 45.9 Å². The van der Waals surface area contributed by atoms with Gasteiger partial charge in [0.2, 0.25) is 0 Å². The van der Waals surface area contributed by atoms with Crippen LogP contribution in [0.25, 0.3) is 0 Å². The Bertz CT molecular complexity index is 1500. The minimum atomic E-state index is -3.76. The van der Waals surface area contributed by atoms with E-state index in [1.807, 2.05) is 121 Å². The summed E-state index contributed by atoms with van der Waals surface area (Å²) >= 11 is 0. The molecule has 0 bridgehead atoms. The van der Waals surface area contributed by atoms with Gasteiger partial charge < -0.3 is 23.7 Å². The normalized spacial score (nSPS) is 21.8. The van der Waals surface area contributed by atoms with Crippen molar-refractivity contribution in [3.63, 3.8) is 0 Å². The Morgan fingerprint density at radius 1 is 0.511 bits per heavy atom. The van der Waals surface area contributed by atoms with Crippen molar-refractivity contribution in [2.24, 2.45) is 0 Å². The molecule has 8 nitrogen and oxygen atoms in total. The average molecular weight is 633 g/mol. The number of hydrogen-bond donors (Lipinski definition) is 0. The summed E-state index contributed by atoms with van der Waals surface area (Å²) in [7, 11) is -3.76. The molecule has 5 atom stereocenters. The summed E-state index contributed by atoms with van der Waals surface area (Å²) in [5.74, 6) is 0. The Kier molecular flexibility index (Phi) is 12.3. The molecule has 0 spiro atoms. The summed E-state index contributed by atoms with van der Waals surface area (Å²) in [5.41, 5.74) is 3.95. The van der Waals surface area contributed by atoms with Gasteiger partial charge >= 0.3 is 0 Å². The Hall–Kier alpha value is -3.41. The minimum absolute atomic E-state index is 0.181. The second kappa shape index (κ2) is 16.8. The van der Waals surface area contributed by atoms with Crippen molar-refractivity contribution in [1.29, 1.82) is 0 Å². The Balaban J connectivity index is 1.44. The Morgan fingerprint density at radius 2 is 0.867 bits per heavy atom. The molecular formula is C36H40O8S. The fourth-order valence-electron chi connectivity index (χ4n) is 5.21. The summed E-state index contributed by atoms with van der Waals surface area (Å²) in [6, 6.07) is 39.3. The van der Waals surface area contributed by atoms with E-state index in [1.54, 1.807) is 0 Å². The molecule has 1 saturated heterocycles. The monoisotopic (exact) mass is 632 g/mol. The van der Waals surface area contributed by atoms with E-state index >= 15 is 0 Å². The average Bonchev–Trinajstić information content (AvgIpc) is 3.06. The van der Waals surface area contributed by atoms with Crippen LogP contribution in [0.15, 0.2) is 121 Å². The van der Waals surface area contributed by atoms with Crippen LogP contribution < -0.4 is 0 Å². The maximum Gasteiger partial charge on any atom is 0.264 e. The predicted octanol–water partition coefficient (Wildman–Crippen LogP) is 5.70. The second-order valence-corrected chi connectivity index (χ2v) is 12.6. The lowest BCUT2D eigenvalue weighted by molar-refractivity contribution is -0.276. The van der Waals surface area contributed by atoms with Gasteiger partial charge in [-0.2, -0.15) is 8.42 Å². The fraction of sp³-hybridized carbons (Fsp3) is 0.333. The standard InChI is InChI=1S/C36H40O8S/c1-45(37,38)43-27-33-35(41-24-30-18-10-4-11-19-30)36(42-25-31-20-12-5-13-21-31)34(40-23-29-16-8-3-9-17-29)32(44-33)26-39-22-28-14-6-2-7-15-28/h2-21,32-36H,22-27H2,1H3/t32?,33-,34+,35?,36+/m0/s1. The van der Waals surface area contributed by atoms with Gasteiger partial charge in [0.25, 0.3) is 10.1 Å². The number of rotatable bonds is 16. The lowest BCUT2D eigenvalue weighted by Crippen LogP contribution is -2.62. The van der Waals surface area contributed by atoms with E-state index < -0.39 is 40.6 Å². The van der Waals surface area contributed by atoms with Gasteiger partial charge in [-0.1, -0.05) is 121 Å². The van der Waals surface area contributed by atoms with Crippen LogP contribution in [0.4, 0.5) is 0 Å². The first-order chi connectivity index (χ1) is 21.9. The van der Waals surface area contributed by atoms with E-state index in [2.05, 4.69) is 0 Å². The molecule has 0 aromatic heterocycles. The molecule has 4 aromatic carbocycles. The van der Waals surface area contributed by atoms with Crippen LogP contribution in [-0.4, -0.2) is 58.4 Å². The third-order valence-corrected chi connectivity index (χ3v) is 7.99. The van der Waals surface area contributed by atoms with Crippen LogP contribution in [0.3, 0.4) is 0 Å². The molecule has 0 N–H and O–H groups in total. The van der Waals surface area contributed by atoms with Gasteiger partial charge in [-0.05, 0) is 22.3 Å². The van der Waals surface area contributed by atoms with Crippen LogP contribution in [0.1, 0.15) is 22.3 Å². The highest BCUT2D eigenvalue weighted by Crippen LogP contribution is 2.31. The van der Waals surface area contributed by atoms with Crippen LogP contribution in [0.2, 0.25) is 0 Å². The smallest absolute Gasteiger partial charge is 0.264 e. The highest BCUT2D eigenvalue weighted by atomic mass is 32.2. The highest BCUT2D eigenvalue weighted by molar-refractivity contribution is 7.85. The number of hydrogen-bond acceptors (Lipinski definition) is 8. The van der Waals surface area contributed by atoms with Crippen molar-refractivity contribution in [1.82, 2.24) is 0 Å². The largest absolute Gasteiger partial charge is 0.374 e. The molecule has 2 unspecified atom stereocenters. The van der Waals surface area contributed by atoms with Crippen molar-refractivity contribution in [2.75, 3.05) is 19.5 Å². The molecule has 45 heavy (non-hydrogen) atoms. The van der Waals surface area contributed by atoms with Gasteiger partial charge in [-0.15, -0.1) is 0 Å². The first-order valence-corrected chi connectivity index (χ1v) is 16.8. The van der Waals surface area contributed by atoms with Crippen molar-refractivity contribution < 1.29 is 36.3 Å². The molecule has 5 rings (SSSR count). The summed E-state index contributed by atoms with van der Waals surface area (Å²) < 4.78 is 61.9. The molecule has 0 aliphatic carbocycles. The first-order valence-electron chi connectivity index (χ1n) is 15.0. The third-order valence-electron chi connectivity index (χ3n) is 7.43. The molecule has 4 aromatic rings. The highest BCUT2D eigenvalue weighted by Gasteiger charge is 2.48. The lowest BCUT2D eigenvalue weighted by atomic mass is 9.94. The SMILES string of the molecule is CS(=O)(=O)OC[C@@H]1OC(COCc2ccccc2)[C@@H](OCc2ccccc2)[C@@H](OCc2ccccc2)C1OCc1ccccc1. The maximum atomic E-state index is 12.1. The van der Waals surface area contributed by atoms with E-state index in [-0.39, 0.29) is 19.8 Å². The van der Waals surface area contributed by atoms with Crippen LogP contribution in [-0.2, 0) is 64.4 Å². The van der Waals surface area contributed by atoms with Crippen LogP contribution in [0.5, 0.6) is 0 Å². The third kappa shape index (κ3) is 10.6. The fourth-order valence-corrected chi connectivity index (χ4v) is 5.59. The summed E-state index contributed by atoms with van der Waals surface area (Å²) in [6.45, 7) is 1.17. The molecule has 1 aliphatic heterocycles. The molecule has 1 heterocycles. The van der Waals surface area contributed by atoms with Crippen LogP contribution in [0, 0.1) is 0 Å². The Morgan fingerprint density at radius 3 is 1.27 bits per heavy atom. The summed E-state index contributed by atoms with van der Waals surface area (Å²) in [6.07, 6.45) is -2.36. The van der Waals surface area contributed by atoms with E-state index in [9.17, 15) is 8.42 Å². The topological polar surface area (TPSA) is 89.5 Å². The van der Waals surface area contributed by atoms with Crippen molar-refractivity contribution in [3.8, 4) is 0 Å². The summed E-state index contributed by atoms with van der Waals surface area (Å²) in [5, 5.41) is 0. The van der Waals surface area contributed by atoms with Crippen molar-refractivity contribution >= 4 is 10.1 Å². The molecular weight excluding hydrogens is 592 g/mol. The van der Waals surface area contributed by atoms with Gasteiger partial charge in [0.1, 0.15) is 30.5 Å². The Labute approximate surface area is 265 Å². The van der Waals surface area contributed by atoms with Gasteiger partial charge in [0, 0.05) is 0 Å². The van der Waals surface area contributed by atoms with Gasteiger partial charge in [0.15, 0.2) is 0 Å². The van der Waals surface area contributed by atoms with E-state index in [4.69, 9.17) is 27.9 Å². The van der Waals surface area contributed by atoms with E-state index in [0.717, 1.165) is 28.5 Å². The van der Waals surface area contributed by atoms with E-state index in [1.165, 1.54) is 0 Å². The number of benzene rings is 4. The molecule has 238 valence electrons. The first kappa shape index (κ1) is 33.0. The van der Waals surface area contributed by atoms with E-state index in [0.29, 0.717) is 19.8 Å². The molecule has 0 amide bonds. The predicted molar refractivity (Wildman–Crippen MR) is 171 cm³/mol. The zero-order valence-electron chi connectivity index (χ0n) is 25.4. The molecule has 9 heteroatoms. The molecule has 0 radical (unpaired) electrons. The zero-order chi connectivity index (χ0) is 31.3.